The molecule has 6 nitrogen and oxygen atoms in total. The van der Waals surface area contributed by atoms with Crippen molar-refractivity contribution in [3.05, 3.63) is 24.3 Å². The monoisotopic (exact) mass is 280 g/mol. The third kappa shape index (κ3) is 5.17. The van der Waals surface area contributed by atoms with Crippen molar-refractivity contribution in [3.8, 4) is 5.75 Å². The molecule has 0 saturated carbocycles. The summed E-state index contributed by atoms with van der Waals surface area (Å²) in [5.41, 5.74) is 0.485. The Morgan fingerprint density at radius 1 is 1.15 bits per heavy atom. The zero-order valence-corrected chi connectivity index (χ0v) is 12.1. The molecule has 2 amide bonds. The summed E-state index contributed by atoms with van der Waals surface area (Å²) in [6.07, 6.45) is -1.11. The maximum absolute atomic E-state index is 11.7. The lowest BCUT2D eigenvalue weighted by Gasteiger charge is -2.17. The molecule has 1 unspecified atom stereocenters. The number of carbonyl (C=O) groups excluding carboxylic acids is 2. The number of ether oxygens (including phenoxy) is 2. The van der Waals surface area contributed by atoms with Gasteiger partial charge in [0.05, 0.1) is 7.11 Å². The maximum atomic E-state index is 11.7. The number of nitrogens with one attached hydrogen (secondary N) is 2. The van der Waals surface area contributed by atoms with Crippen molar-refractivity contribution in [1.82, 2.24) is 5.32 Å². The Morgan fingerprint density at radius 2 is 1.85 bits per heavy atom. The molecule has 0 saturated heterocycles. The van der Waals surface area contributed by atoms with Crippen LogP contribution in [0.15, 0.2) is 24.3 Å². The van der Waals surface area contributed by atoms with Crippen LogP contribution in [0, 0.1) is 5.92 Å². The van der Waals surface area contributed by atoms with Crippen LogP contribution in [-0.2, 0) is 4.74 Å². The van der Waals surface area contributed by atoms with Gasteiger partial charge in [0, 0.05) is 17.8 Å². The van der Waals surface area contributed by atoms with E-state index >= 15 is 0 Å². The van der Waals surface area contributed by atoms with Gasteiger partial charge in [-0.05, 0) is 25.0 Å². The molecule has 0 aliphatic heterocycles. The molecule has 1 aromatic carbocycles. The topological polar surface area (TPSA) is 76.7 Å². The van der Waals surface area contributed by atoms with E-state index in [-0.39, 0.29) is 6.04 Å². The molecule has 2 N–H and O–H groups in total. The van der Waals surface area contributed by atoms with E-state index in [0.29, 0.717) is 17.4 Å². The zero-order chi connectivity index (χ0) is 15.1. The molecular weight excluding hydrogens is 260 g/mol. The van der Waals surface area contributed by atoms with Crippen LogP contribution in [-0.4, -0.2) is 25.3 Å². The maximum Gasteiger partial charge on any atom is 0.412 e. The highest BCUT2D eigenvalue weighted by atomic mass is 16.6. The van der Waals surface area contributed by atoms with Crippen molar-refractivity contribution in [1.29, 1.82) is 0 Å². The largest absolute Gasteiger partial charge is 0.453 e. The second kappa shape index (κ2) is 7.37. The van der Waals surface area contributed by atoms with Crippen molar-refractivity contribution < 1.29 is 19.1 Å². The van der Waals surface area contributed by atoms with Crippen LogP contribution in [0.2, 0.25) is 0 Å². The summed E-state index contributed by atoms with van der Waals surface area (Å²) in [6, 6.07) is 6.51. The summed E-state index contributed by atoms with van der Waals surface area (Å²) in [6.45, 7) is 5.92. The first-order valence-corrected chi connectivity index (χ1v) is 6.35. The number of hydrogen-bond donors (Lipinski definition) is 2. The van der Waals surface area contributed by atoms with Crippen molar-refractivity contribution in [2.24, 2.45) is 5.92 Å². The van der Waals surface area contributed by atoms with Gasteiger partial charge in [-0.3, -0.25) is 5.32 Å². The molecule has 6 heteroatoms. The van der Waals surface area contributed by atoms with Gasteiger partial charge < -0.3 is 14.8 Å². The van der Waals surface area contributed by atoms with Gasteiger partial charge in [0.25, 0.3) is 0 Å². The van der Waals surface area contributed by atoms with Gasteiger partial charge in [0.2, 0.25) is 0 Å². The van der Waals surface area contributed by atoms with Crippen LogP contribution in [0.1, 0.15) is 20.8 Å². The average Bonchev–Trinajstić information content (AvgIpc) is 2.38. The van der Waals surface area contributed by atoms with Gasteiger partial charge in [-0.25, -0.2) is 9.59 Å². The first kappa shape index (κ1) is 15.8. The lowest BCUT2D eigenvalue weighted by molar-refractivity contribution is 0.187. The quantitative estimate of drug-likeness (QED) is 0.888. The SMILES string of the molecule is COC(=O)Nc1cccc(OC(=O)NC(C)C(C)C)c1. The minimum absolute atomic E-state index is 0.0128. The summed E-state index contributed by atoms with van der Waals surface area (Å²) in [7, 11) is 1.27. The van der Waals surface area contributed by atoms with Gasteiger partial charge >= 0.3 is 12.2 Å². The molecule has 0 radical (unpaired) electrons. The van der Waals surface area contributed by atoms with E-state index in [4.69, 9.17) is 4.74 Å². The van der Waals surface area contributed by atoms with Gasteiger partial charge in [0.1, 0.15) is 5.75 Å². The first-order valence-electron chi connectivity index (χ1n) is 6.35. The van der Waals surface area contributed by atoms with E-state index in [0.717, 1.165) is 0 Å². The number of amides is 2. The summed E-state index contributed by atoms with van der Waals surface area (Å²) >= 11 is 0. The molecule has 0 fully saturated rings. The smallest absolute Gasteiger partial charge is 0.412 e. The average molecular weight is 280 g/mol. The number of rotatable bonds is 4. The fourth-order valence-electron chi connectivity index (χ4n) is 1.30. The lowest BCUT2D eigenvalue weighted by atomic mass is 10.1. The number of carbonyl (C=O) groups is 2. The first-order chi connectivity index (χ1) is 9.42. The van der Waals surface area contributed by atoms with Crippen LogP contribution in [0.3, 0.4) is 0 Å². The van der Waals surface area contributed by atoms with Gasteiger partial charge in [-0.2, -0.15) is 0 Å². The van der Waals surface area contributed by atoms with Crippen molar-refractivity contribution in [3.63, 3.8) is 0 Å². The molecular formula is C14H20N2O4. The van der Waals surface area contributed by atoms with Crippen LogP contribution in [0.5, 0.6) is 5.75 Å². The number of hydrogen-bond acceptors (Lipinski definition) is 4. The highest BCUT2D eigenvalue weighted by Gasteiger charge is 2.12. The number of benzene rings is 1. The van der Waals surface area contributed by atoms with Crippen molar-refractivity contribution in [2.75, 3.05) is 12.4 Å². The van der Waals surface area contributed by atoms with Gasteiger partial charge in [0.15, 0.2) is 0 Å². The summed E-state index contributed by atoms with van der Waals surface area (Å²) in [5, 5.41) is 5.22. The van der Waals surface area contributed by atoms with Crippen molar-refractivity contribution >= 4 is 17.9 Å². The molecule has 0 aliphatic carbocycles. The summed E-state index contributed by atoms with van der Waals surface area (Å²) < 4.78 is 9.63. The van der Waals surface area contributed by atoms with E-state index in [1.54, 1.807) is 18.2 Å². The predicted octanol–water partition coefficient (Wildman–Crippen LogP) is 3.00. The molecule has 1 atom stereocenters. The number of methoxy groups -OCH3 is 1. The predicted molar refractivity (Wildman–Crippen MR) is 75.9 cm³/mol. The van der Waals surface area contributed by atoms with Crippen LogP contribution >= 0.6 is 0 Å². The summed E-state index contributed by atoms with van der Waals surface area (Å²) in [5.74, 6) is 0.655. The Kier molecular flexibility index (Phi) is 5.83. The van der Waals surface area contributed by atoms with Gasteiger partial charge in [-0.15, -0.1) is 0 Å². The highest BCUT2D eigenvalue weighted by molar-refractivity contribution is 5.84. The molecule has 0 aromatic heterocycles. The fourth-order valence-corrected chi connectivity index (χ4v) is 1.30. The summed E-state index contributed by atoms with van der Waals surface area (Å²) in [4.78, 5) is 22.8. The van der Waals surface area contributed by atoms with E-state index in [1.165, 1.54) is 13.2 Å². The van der Waals surface area contributed by atoms with Crippen LogP contribution < -0.4 is 15.4 Å². The molecule has 110 valence electrons. The molecule has 0 bridgehead atoms. The number of anilines is 1. The Labute approximate surface area is 118 Å². The molecule has 0 aliphatic rings. The Bertz CT molecular complexity index is 474. The Morgan fingerprint density at radius 3 is 2.45 bits per heavy atom. The van der Waals surface area contributed by atoms with Crippen LogP contribution in [0.4, 0.5) is 15.3 Å². The highest BCUT2D eigenvalue weighted by Crippen LogP contribution is 2.17. The van der Waals surface area contributed by atoms with E-state index < -0.39 is 12.2 Å². The standard InChI is InChI=1S/C14H20N2O4/c1-9(2)10(3)15-14(18)20-12-7-5-6-11(8-12)16-13(17)19-4/h5-10H,1-4H3,(H,15,18)(H,16,17). The van der Waals surface area contributed by atoms with E-state index in [1.807, 2.05) is 20.8 Å². The fraction of sp³-hybridized carbons (Fsp3) is 0.429. The lowest BCUT2D eigenvalue weighted by Crippen LogP contribution is -2.37. The Balaban J connectivity index is 2.61. The minimum atomic E-state index is -0.583. The Hall–Kier alpha value is -2.24. The second-order valence-corrected chi connectivity index (χ2v) is 4.71. The third-order valence-electron chi connectivity index (χ3n) is 2.82. The van der Waals surface area contributed by atoms with Crippen LogP contribution in [0.25, 0.3) is 0 Å². The molecule has 0 heterocycles. The molecule has 1 rings (SSSR count). The molecule has 20 heavy (non-hydrogen) atoms. The van der Waals surface area contributed by atoms with E-state index in [9.17, 15) is 9.59 Å². The normalized spacial score (nSPS) is 11.7. The zero-order valence-electron chi connectivity index (χ0n) is 12.1. The van der Waals surface area contributed by atoms with E-state index in [2.05, 4.69) is 15.4 Å². The molecule has 1 aromatic rings. The van der Waals surface area contributed by atoms with Gasteiger partial charge in [-0.1, -0.05) is 19.9 Å². The molecule has 0 spiro atoms. The third-order valence-corrected chi connectivity index (χ3v) is 2.82. The van der Waals surface area contributed by atoms with Crippen molar-refractivity contribution in [2.45, 2.75) is 26.8 Å². The minimum Gasteiger partial charge on any atom is -0.453 e. The second-order valence-electron chi connectivity index (χ2n) is 4.71.